The third-order valence-corrected chi connectivity index (χ3v) is 6.63. The number of nitro groups is 1. The smallest absolute Gasteiger partial charge is 0.271 e. The summed E-state index contributed by atoms with van der Waals surface area (Å²) in [7, 11) is -3.76. The van der Waals surface area contributed by atoms with Gasteiger partial charge in [0.1, 0.15) is 0 Å². The van der Waals surface area contributed by atoms with Crippen LogP contribution in [0.5, 0.6) is 0 Å². The number of rotatable bonds is 7. The van der Waals surface area contributed by atoms with Crippen LogP contribution in [0.15, 0.2) is 83.8 Å². The van der Waals surface area contributed by atoms with E-state index in [4.69, 9.17) is 11.6 Å². The van der Waals surface area contributed by atoms with Gasteiger partial charge in [-0.1, -0.05) is 42.5 Å². The molecule has 0 aliphatic rings. The number of nitrogens with zero attached hydrogens (tertiary/aromatic N) is 1. The van der Waals surface area contributed by atoms with Crippen molar-refractivity contribution < 1.29 is 18.1 Å². The molecule has 0 aromatic heterocycles. The summed E-state index contributed by atoms with van der Waals surface area (Å²) in [5.74, 6) is -0.910. The second-order valence-electron chi connectivity index (χ2n) is 6.45. The molecule has 30 heavy (non-hydrogen) atoms. The Morgan fingerprint density at radius 3 is 2.40 bits per heavy atom. The molecular formula is C21H17ClN2O5S. The van der Waals surface area contributed by atoms with Gasteiger partial charge in [0.15, 0.2) is 9.84 Å². The van der Waals surface area contributed by atoms with Gasteiger partial charge in [0, 0.05) is 23.4 Å². The molecule has 0 saturated carbocycles. The number of nitrogens with one attached hydrogen (secondary N) is 1. The first-order valence-corrected chi connectivity index (χ1v) is 10.9. The number of nitro benzene ring substituents is 1. The van der Waals surface area contributed by atoms with E-state index in [1.807, 2.05) is 6.07 Å². The number of carbonyl (C=O) groups excluding carboxylic acids is 1. The van der Waals surface area contributed by atoms with Gasteiger partial charge in [0.2, 0.25) is 0 Å². The summed E-state index contributed by atoms with van der Waals surface area (Å²) in [6, 6.07) is 19.9. The van der Waals surface area contributed by atoms with E-state index in [0.29, 0.717) is 5.56 Å². The Labute approximate surface area is 178 Å². The lowest BCUT2D eigenvalue weighted by Crippen LogP contribution is -2.15. The number of sulfone groups is 1. The van der Waals surface area contributed by atoms with Crippen LogP contribution in [0.2, 0.25) is 0 Å². The lowest BCUT2D eigenvalue weighted by atomic mass is 10.2. The summed E-state index contributed by atoms with van der Waals surface area (Å²) in [4.78, 5) is 22.8. The van der Waals surface area contributed by atoms with Crippen molar-refractivity contribution in [2.45, 2.75) is 10.3 Å². The fourth-order valence-corrected chi connectivity index (χ4v) is 4.78. The number of halogens is 1. The Morgan fingerprint density at radius 1 is 1.00 bits per heavy atom. The maximum absolute atomic E-state index is 12.8. The van der Waals surface area contributed by atoms with Crippen LogP contribution in [0.3, 0.4) is 0 Å². The molecule has 0 saturated heterocycles. The fraction of sp³-hybridized carbons (Fsp3) is 0.0952. The molecule has 0 aliphatic carbocycles. The highest BCUT2D eigenvalue weighted by Crippen LogP contribution is 2.26. The second kappa shape index (κ2) is 9.06. The van der Waals surface area contributed by atoms with Gasteiger partial charge in [-0.2, -0.15) is 0 Å². The monoisotopic (exact) mass is 444 g/mol. The van der Waals surface area contributed by atoms with Gasteiger partial charge in [0.25, 0.3) is 11.6 Å². The molecule has 154 valence electrons. The molecule has 0 heterocycles. The second-order valence-corrected chi connectivity index (χ2v) is 9.01. The predicted octanol–water partition coefficient (Wildman–Crippen LogP) is 4.60. The average molecular weight is 445 g/mol. The van der Waals surface area contributed by atoms with Gasteiger partial charge in [0.05, 0.1) is 20.9 Å². The molecule has 0 fully saturated rings. The lowest BCUT2D eigenvalue weighted by molar-refractivity contribution is -0.384. The van der Waals surface area contributed by atoms with Crippen LogP contribution in [-0.2, 0) is 9.84 Å². The third-order valence-electron chi connectivity index (χ3n) is 4.30. The summed E-state index contributed by atoms with van der Waals surface area (Å²) >= 11 is 6.28. The number of hydrogen-bond acceptors (Lipinski definition) is 5. The van der Waals surface area contributed by atoms with Crippen LogP contribution in [0, 0.1) is 10.1 Å². The minimum atomic E-state index is -3.76. The third kappa shape index (κ3) is 5.22. The van der Waals surface area contributed by atoms with E-state index in [9.17, 15) is 23.3 Å². The highest BCUT2D eigenvalue weighted by Gasteiger charge is 2.22. The number of non-ortho nitro benzene ring substituents is 1. The maximum Gasteiger partial charge on any atom is 0.271 e. The van der Waals surface area contributed by atoms with Crippen molar-refractivity contribution in [3.8, 4) is 0 Å². The van der Waals surface area contributed by atoms with Crippen molar-refractivity contribution in [3.63, 3.8) is 0 Å². The highest BCUT2D eigenvalue weighted by molar-refractivity contribution is 7.91. The molecule has 0 bridgehead atoms. The van der Waals surface area contributed by atoms with Crippen LogP contribution in [0.4, 0.5) is 11.4 Å². The van der Waals surface area contributed by atoms with Gasteiger partial charge in [-0.3, -0.25) is 14.9 Å². The van der Waals surface area contributed by atoms with Crippen molar-refractivity contribution >= 4 is 38.7 Å². The number of anilines is 1. The Bertz CT molecular complexity index is 1180. The zero-order chi connectivity index (χ0) is 21.7. The molecule has 0 spiro atoms. The number of hydrogen-bond donors (Lipinski definition) is 1. The molecule has 0 radical (unpaired) electrons. The standard InChI is InChI=1S/C21H17ClN2O5S/c22-20(15-6-2-1-3-7-15)14-30(28,29)19-11-4-8-16(12-19)21(25)23-17-9-5-10-18(13-17)24(26)27/h1-13,20H,14H2,(H,23,25). The highest BCUT2D eigenvalue weighted by atomic mass is 35.5. The van der Waals surface area contributed by atoms with Crippen LogP contribution >= 0.6 is 11.6 Å². The van der Waals surface area contributed by atoms with Crippen molar-refractivity contribution in [3.05, 3.63) is 100 Å². The summed E-state index contributed by atoms with van der Waals surface area (Å²) in [6.07, 6.45) is 0. The molecular weight excluding hydrogens is 428 g/mol. The van der Waals surface area contributed by atoms with Gasteiger partial charge >= 0.3 is 0 Å². The molecule has 0 aliphatic heterocycles. The van der Waals surface area contributed by atoms with Crippen LogP contribution in [0.1, 0.15) is 21.3 Å². The van der Waals surface area contributed by atoms with E-state index in [2.05, 4.69) is 5.32 Å². The van der Waals surface area contributed by atoms with E-state index in [-0.39, 0.29) is 27.6 Å². The Hall–Kier alpha value is -3.23. The first-order valence-electron chi connectivity index (χ1n) is 8.84. The number of benzene rings is 3. The Balaban J connectivity index is 1.78. The summed E-state index contributed by atoms with van der Waals surface area (Å²) in [6.45, 7) is 0. The fourth-order valence-electron chi connectivity index (χ4n) is 2.78. The van der Waals surface area contributed by atoms with E-state index < -0.39 is 26.0 Å². The zero-order valence-electron chi connectivity index (χ0n) is 15.6. The minimum absolute atomic E-state index is 0.0317. The zero-order valence-corrected chi connectivity index (χ0v) is 17.1. The maximum atomic E-state index is 12.8. The van der Waals surface area contributed by atoms with Gasteiger partial charge < -0.3 is 5.32 Å². The van der Waals surface area contributed by atoms with Crippen molar-refractivity contribution in [2.24, 2.45) is 0 Å². The largest absolute Gasteiger partial charge is 0.322 e. The van der Waals surface area contributed by atoms with Gasteiger partial charge in [-0.05, 0) is 29.8 Å². The molecule has 1 atom stereocenters. The summed E-state index contributed by atoms with van der Waals surface area (Å²) in [5.41, 5.74) is 0.848. The van der Waals surface area contributed by atoms with Crippen LogP contribution in [-0.4, -0.2) is 25.0 Å². The lowest BCUT2D eigenvalue weighted by Gasteiger charge is -2.12. The first-order chi connectivity index (χ1) is 14.3. The summed E-state index contributed by atoms with van der Waals surface area (Å²) < 4.78 is 25.6. The topological polar surface area (TPSA) is 106 Å². The van der Waals surface area contributed by atoms with Crippen LogP contribution in [0.25, 0.3) is 0 Å². The normalized spacial score (nSPS) is 12.2. The molecule has 3 aromatic carbocycles. The number of carbonyl (C=O) groups is 1. The number of amides is 1. The van der Waals surface area contributed by atoms with Crippen molar-refractivity contribution in [1.82, 2.24) is 0 Å². The molecule has 3 aromatic rings. The van der Waals surface area contributed by atoms with Crippen molar-refractivity contribution in [1.29, 1.82) is 0 Å². The predicted molar refractivity (Wildman–Crippen MR) is 115 cm³/mol. The van der Waals surface area contributed by atoms with Gasteiger partial charge in [-0.25, -0.2) is 8.42 Å². The van der Waals surface area contributed by atoms with E-state index in [1.54, 1.807) is 24.3 Å². The Kier molecular flexibility index (Phi) is 6.49. The van der Waals surface area contributed by atoms with E-state index in [1.165, 1.54) is 48.5 Å². The molecule has 1 unspecified atom stereocenters. The summed E-state index contributed by atoms with van der Waals surface area (Å²) in [5, 5.41) is 12.7. The van der Waals surface area contributed by atoms with Crippen molar-refractivity contribution in [2.75, 3.05) is 11.1 Å². The molecule has 1 amide bonds. The van der Waals surface area contributed by atoms with Crippen LogP contribution < -0.4 is 5.32 Å². The minimum Gasteiger partial charge on any atom is -0.322 e. The van der Waals surface area contributed by atoms with E-state index in [0.717, 1.165) is 0 Å². The molecule has 9 heteroatoms. The van der Waals surface area contributed by atoms with Gasteiger partial charge in [-0.15, -0.1) is 11.6 Å². The SMILES string of the molecule is O=C(Nc1cccc([N+](=O)[O-])c1)c1cccc(S(=O)(=O)CC(Cl)c2ccccc2)c1. The quantitative estimate of drug-likeness (QED) is 0.325. The average Bonchev–Trinajstić information content (AvgIpc) is 2.74. The molecule has 3 rings (SSSR count). The number of alkyl halides is 1. The Morgan fingerprint density at radius 2 is 1.70 bits per heavy atom. The molecule has 7 nitrogen and oxygen atoms in total. The molecule has 1 N–H and O–H groups in total. The van der Waals surface area contributed by atoms with E-state index >= 15 is 0 Å². The first kappa shape index (κ1) is 21.5.